The number of nitrogens with zero attached hydrogens (tertiary/aromatic N) is 1. The van der Waals surface area contributed by atoms with Crippen LogP contribution >= 0.6 is 0 Å². The van der Waals surface area contributed by atoms with E-state index in [0.29, 0.717) is 5.56 Å². The molecule has 0 amide bonds. The van der Waals surface area contributed by atoms with Crippen LogP contribution in [0.3, 0.4) is 0 Å². The molecule has 1 N–H and O–H groups in total. The number of aliphatic carboxylic acids is 1. The Kier molecular flexibility index (Phi) is 6.73. The van der Waals surface area contributed by atoms with Gasteiger partial charge in [-0.1, -0.05) is 29.8 Å². The summed E-state index contributed by atoms with van der Waals surface area (Å²) in [5.74, 6) is -1.11. The molecular weight excluding hydrogens is 217 g/mol. The molecule has 0 heterocycles. The molecule has 0 fully saturated rings. The Morgan fingerprint density at radius 2 is 2.27 bits per heavy atom. The number of nitriles is 1. The van der Waals surface area contributed by atoms with Crippen molar-refractivity contribution in [3.05, 3.63) is 41.5 Å². The molecule has 1 aromatic carbocycles. The van der Waals surface area contributed by atoms with Gasteiger partial charge in [0.2, 0.25) is 0 Å². The predicted molar refractivity (Wildman–Crippen MR) is 53.5 cm³/mol. The number of allylic oxidation sites excluding steroid dienone is 1. The monoisotopic (exact) mass is 227 g/mol. The van der Waals surface area contributed by atoms with Crippen LogP contribution in [0.4, 0.5) is 0 Å². The molecule has 0 saturated carbocycles. The Hall–Kier alpha value is -0.444. The molecule has 0 saturated heterocycles. The van der Waals surface area contributed by atoms with E-state index in [4.69, 9.17) is 10.4 Å². The van der Waals surface area contributed by atoms with E-state index < -0.39 is 5.97 Å². The predicted octanol–water partition coefficient (Wildman–Crippen LogP) is -0.897. The molecule has 0 radical (unpaired) electrons. The topological polar surface area (TPSA) is 61.1 Å². The zero-order chi connectivity index (χ0) is 10.6. The smallest absolute Gasteiger partial charge is 1.00 e. The normalized spacial score (nSPS) is 10.0. The molecule has 72 valence electrons. The van der Waals surface area contributed by atoms with Crippen molar-refractivity contribution in [2.75, 3.05) is 0 Å². The first kappa shape index (κ1) is 14.6. The van der Waals surface area contributed by atoms with Crippen LogP contribution in [0.25, 0.3) is 5.57 Å². The van der Waals surface area contributed by atoms with Crippen molar-refractivity contribution in [2.24, 2.45) is 0 Å². The summed E-state index contributed by atoms with van der Waals surface area (Å²) in [5.41, 5.74) is 1.80. The Bertz CT molecular complexity index is 438. The number of benzene rings is 1. The van der Waals surface area contributed by atoms with Gasteiger partial charge in [0, 0.05) is 6.08 Å². The molecule has 4 heteroatoms. The minimum Gasteiger partial charge on any atom is -1.00 e. The Labute approximate surface area is 132 Å². The number of carbonyl (C=O) groups is 1. The van der Waals surface area contributed by atoms with Crippen LogP contribution in [-0.2, 0) is 4.79 Å². The van der Waals surface area contributed by atoms with Crippen LogP contribution in [0.15, 0.2) is 30.3 Å². The maximum absolute atomic E-state index is 10.4. The molecule has 1 aromatic rings. The molecule has 0 aliphatic rings. The van der Waals surface area contributed by atoms with Crippen LogP contribution in [0.5, 0.6) is 0 Å². The van der Waals surface area contributed by atoms with Gasteiger partial charge >= 0.3 is 57.4 Å². The van der Waals surface area contributed by atoms with E-state index in [0.717, 1.165) is 11.6 Å². The van der Waals surface area contributed by atoms with Gasteiger partial charge in [-0.25, -0.2) is 4.79 Å². The van der Waals surface area contributed by atoms with E-state index in [9.17, 15) is 4.79 Å². The van der Waals surface area contributed by atoms with Crippen molar-refractivity contribution >= 4 is 11.5 Å². The first-order valence-electron chi connectivity index (χ1n) is 4.05. The standard InChI is InChI=1S/C11H9NO2.K.H/c1-8-3-2-4-9(5-8)10(7-12)6-11(13)14;;/h2-6H,1H3,(H,13,14);;/q;+1;-1/b10-6-;;. The first-order valence-corrected chi connectivity index (χ1v) is 4.05. The molecule has 0 spiro atoms. The first-order chi connectivity index (χ1) is 6.63. The molecule has 0 aliphatic carbocycles. The van der Waals surface area contributed by atoms with Crippen molar-refractivity contribution in [1.82, 2.24) is 0 Å². The molecular formula is C11H10KNO2. The van der Waals surface area contributed by atoms with Gasteiger partial charge in [-0.05, 0) is 12.5 Å². The minimum absolute atomic E-state index is 0. The molecule has 0 bridgehead atoms. The van der Waals surface area contributed by atoms with Crippen LogP contribution in [-0.4, -0.2) is 11.1 Å². The Morgan fingerprint density at radius 1 is 1.60 bits per heavy atom. The third-order valence-electron chi connectivity index (χ3n) is 1.72. The summed E-state index contributed by atoms with van der Waals surface area (Å²) in [6, 6.07) is 9.02. The fourth-order valence-corrected chi connectivity index (χ4v) is 1.12. The largest absolute Gasteiger partial charge is 1.00 e. The molecule has 1 rings (SSSR count). The van der Waals surface area contributed by atoms with Gasteiger partial charge in [0.1, 0.15) is 6.07 Å². The molecule has 0 aromatic heterocycles. The quantitative estimate of drug-likeness (QED) is 0.405. The molecule has 0 aliphatic heterocycles. The molecule has 0 atom stereocenters. The van der Waals surface area contributed by atoms with Gasteiger partial charge < -0.3 is 6.53 Å². The number of carboxylic acid groups (broad SMARTS) is 1. The van der Waals surface area contributed by atoms with E-state index in [1.54, 1.807) is 18.2 Å². The minimum atomic E-state index is -1.11. The third kappa shape index (κ3) is 4.73. The average Bonchev–Trinajstić information content (AvgIpc) is 2.14. The van der Waals surface area contributed by atoms with Crippen molar-refractivity contribution in [2.45, 2.75) is 6.92 Å². The second kappa shape index (κ2) is 6.93. The van der Waals surface area contributed by atoms with E-state index in [1.165, 1.54) is 0 Å². The third-order valence-corrected chi connectivity index (χ3v) is 1.72. The van der Waals surface area contributed by atoms with Crippen LogP contribution in [0.1, 0.15) is 12.6 Å². The second-order valence-electron chi connectivity index (χ2n) is 2.88. The summed E-state index contributed by atoms with van der Waals surface area (Å²) >= 11 is 0. The number of hydrogen-bond donors (Lipinski definition) is 1. The van der Waals surface area contributed by atoms with Gasteiger partial charge in [0.15, 0.2) is 0 Å². The van der Waals surface area contributed by atoms with Gasteiger partial charge in [-0.3, -0.25) is 0 Å². The summed E-state index contributed by atoms with van der Waals surface area (Å²) in [7, 11) is 0. The zero-order valence-electron chi connectivity index (χ0n) is 9.69. The Balaban J connectivity index is 0. The fourth-order valence-electron chi connectivity index (χ4n) is 1.12. The second-order valence-corrected chi connectivity index (χ2v) is 2.88. The average molecular weight is 227 g/mol. The maximum Gasteiger partial charge on any atom is 1.00 e. The summed E-state index contributed by atoms with van der Waals surface area (Å²) in [6.07, 6.45) is 0.911. The fraction of sp³-hybridized carbons (Fsp3) is 0.0909. The van der Waals surface area contributed by atoms with E-state index in [2.05, 4.69) is 0 Å². The SMILES string of the molecule is Cc1cccc(/C(C#N)=C\C(=O)O)c1.[H-].[K+]. The van der Waals surface area contributed by atoms with Crippen molar-refractivity contribution in [3.8, 4) is 6.07 Å². The maximum atomic E-state index is 10.4. The molecule has 3 nitrogen and oxygen atoms in total. The van der Waals surface area contributed by atoms with Gasteiger partial charge in [-0.15, -0.1) is 0 Å². The number of carboxylic acids is 1. The van der Waals surface area contributed by atoms with Crippen LogP contribution in [0, 0.1) is 18.3 Å². The van der Waals surface area contributed by atoms with Crippen molar-refractivity contribution in [3.63, 3.8) is 0 Å². The summed E-state index contributed by atoms with van der Waals surface area (Å²) < 4.78 is 0. The summed E-state index contributed by atoms with van der Waals surface area (Å²) in [5, 5.41) is 17.3. The number of rotatable bonds is 2. The van der Waals surface area contributed by atoms with E-state index in [1.807, 2.05) is 19.1 Å². The van der Waals surface area contributed by atoms with Crippen LogP contribution < -0.4 is 51.4 Å². The Morgan fingerprint density at radius 3 is 2.73 bits per heavy atom. The van der Waals surface area contributed by atoms with Gasteiger partial charge in [0.05, 0.1) is 5.57 Å². The van der Waals surface area contributed by atoms with Gasteiger partial charge in [0.25, 0.3) is 0 Å². The summed E-state index contributed by atoms with van der Waals surface area (Å²) in [6.45, 7) is 1.89. The van der Waals surface area contributed by atoms with Crippen molar-refractivity contribution in [1.29, 1.82) is 5.26 Å². The van der Waals surface area contributed by atoms with E-state index >= 15 is 0 Å². The number of hydrogen-bond acceptors (Lipinski definition) is 2. The molecule has 15 heavy (non-hydrogen) atoms. The van der Waals surface area contributed by atoms with Crippen molar-refractivity contribution < 1.29 is 62.7 Å². The summed E-state index contributed by atoms with van der Waals surface area (Å²) in [4.78, 5) is 10.4. The molecule has 0 unspecified atom stereocenters. The zero-order valence-corrected chi connectivity index (χ0v) is 11.8. The van der Waals surface area contributed by atoms with Crippen LogP contribution in [0.2, 0.25) is 0 Å². The van der Waals surface area contributed by atoms with Gasteiger partial charge in [-0.2, -0.15) is 5.26 Å². The number of aryl methyl sites for hydroxylation is 1. The van der Waals surface area contributed by atoms with E-state index in [-0.39, 0.29) is 58.4 Å².